The summed E-state index contributed by atoms with van der Waals surface area (Å²) in [7, 11) is 0. The van der Waals surface area contributed by atoms with E-state index in [0.717, 1.165) is 10.6 Å². The average Bonchev–Trinajstić information content (AvgIpc) is 2.91. The first kappa shape index (κ1) is 33.3. The second kappa shape index (κ2) is 17.0. The van der Waals surface area contributed by atoms with E-state index in [0.29, 0.717) is 40.9 Å². The molecule has 2 aromatic carbocycles. The molecule has 2 aromatic rings. The molecule has 40 heavy (non-hydrogen) atoms. The Morgan fingerprint density at radius 3 is 2.08 bits per heavy atom. The number of nitrogens with one attached hydrogen (secondary N) is 1. The molecule has 2 rings (SSSR count). The van der Waals surface area contributed by atoms with Crippen LogP contribution in [-0.2, 0) is 14.3 Å². The van der Waals surface area contributed by atoms with E-state index in [-0.39, 0.29) is 19.8 Å². The fraction of sp³-hybridized carbons (Fsp3) is 0.515. The van der Waals surface area contributed by atoms with Crippen LogP contribution in [0.15, 0.2) is 71.6 Å². The lowest BCUT2D eigenvalue weighted by Gasteiger charge is -2.36. The van der Waals surface area contributed by atoms with Crippen molar-refractivity contribution in [2.45, 2.75) is 65.4 Å². The molecule has 0 spiro atoms. The lowest BCUT2D eigenvalue weighted by atomic mass is 9.68. The number of amides is 1. The molecule has 7 heteroatoms. The summed E-state index contributed by atoms with van der Waals surface area (Å²) in [5.74, 6) is 3.53. The third-order valence-corrected chi connectivity index (χ3v) is 7.92. The highest BCUT2D eigenvalue weighted by atomic mass is 32.2. The first-order valence-corrected chi connectivity index (χ1v) is 15.2. The van der Waals surface area contributed by atoms with Crippen LogP contribution in [-0.4, -0.2) is 43.7 Å². The summed E-state index contributed by atoms with van der Waals surface area (Å²) in [6.45, 7) is 19.4. The van der Waals surface area contributed by atoms with Gasteiger partial charge in [-0.1, -0.05) is 78.5 Å². The van der Waals surface area contributed by atoms with Gasteiger partial charge < -0.3 is 19.5 Å². The summed E-state index contributed by atoms with van der Waals surface area (Å²) < 4.78 is 16.8. The van der Waals surface area contributed by atoms with Crippen molar-refractivity contribution in [2.24, 2.45) is 23.7 Å². The summed E-state index contributed by atoms with van der Waals surface area (Å²) in [5.41, 5.74) is 1.64. The van der Waals surface area contributed by atoms with Crippen LogP contribution in [0.2, 0.25) is 0 Å². The van der Waals surface area contributed by atoms with Gasteiger partial charge in [-0.2, -0.15) is 0 Å². The number of carbonyl (C=O) groups is 2. The van der Waals surface area contributed by atoms with E-state index < -0.39 is 18.2 Å². The minimum atomic E-state index is -0.586. The fourth-order valence-corrected chi connectivity index (χ4v) is 5.95. The van der Waals surface area contributed by atoms with E-state index >= 15 is 0 Å². The van der Waals surface area contributed by atoms with Crippen molar-refractivity contribution in [2.75, 3.05) is 25.5 Å². The molecule has 0 fully saturated rings. The van der Waals surface area contributed by atoms with Crippen molar-refractivity contribution >= 4 is 23.8 Å². The molecule has 1 N–H and O–H groups in total. The average molecular weight is 570 g/mol. The van der Waals surface area contributed by atoms with Crippen LogP contribution in [0.3, 0.4) is 0 Å². The fourth-order valence-electron chi connectivity index (χ4n) is 5.06. The Labute approximate surface area is 245 Å². The van der Waals surface area contributed by atoms with E-state index in [1.54, 1.807) is 18.7 Å². The summed E-state index contributed by atoms with van der Waals surface area (Å²) >= 11 is 1.60. The molecule has 1 amide bonds. The largest absolute Gasteiger partial charge is 0.490 e. The molecule has 2 atom stereocenters. The maximum Gasteiger partial charge on any atom is 0.407 e. The maximum absolute atomic E-state index is 12.5. The van der Waals surface area contributed by atoms with Gasteiger partial charge >= 0.3 is 12.1 Å². The van der Waals surface area contributed by atoms with Crippen LogP contribution in [0.4, 0.5) is 4.79 Å². The van der Waals surface area contributed by atoms with Crippen LogP contribution >= 0.6 is 11.8 Å². The highest BCUT2D eigenvalue weighted by molar-refractivity contribution is 7.99. The topological polar surface area (TPSA) is 73.9 Å². The van der Waals surface area contributed by atoms with Crippen molar-refractivity contribution in [3.8, 4) is 5.75 Å². The number of ether oxygens (including phenoxy) is 3. The standard InChI is InChI=1S/C33H47NO5S/c1-22(2)30(23(3)4)31(24(5)6)26-14-16-27(17-15-26)38-20-28(21-40-29-12-10-9-11-13-29)39-33(36)34-18-19-37-32(35)25(7)8/h9-17,22-24,28,30-31H,7,18-21H2,1-6,8H3,(H,34,36). The number of benzene rings is 2. The second-order valence-corrected chi connectivity index (χ2v) is 12.3. The van der Waals surface area contributed by atoms with Crippen LogP contribution in [0.1, 0.15) is 59.9 Å². The van der Waals surface area contributed by atoms with Gasteiger partial charge in [0.25, 0.3) is 0 Å². The molecule has 0 saturated carbocycles. The Morgan fingerprint density at radius 1 is 0.900 bits per heavy atom. The molecular formula is C33H47NO5S. The molecule has 0 aliphatic carbocycles. The van der Waals surface area contributed by atoms with Crippen LogP contribution in [0.25, 0.3) is 0 Å². The third-order valence-electron chi connectivity index (χ3n) is 6.78. The normalized spacial score (nSPS) is 12.9. The molecule has 2 unspecified atom stereocenters. The number of alkyl carbamates (subject to hydrolysis) is 1. The van der Waals surface area contributed by atoms with Crippen LogP contribution in [0, 0.1) is 23.7 Å². The molecule has 0 aliphatic rings. The lowest BCUT2D eigenvalue weighted by Crippen LogP contribution is -2.35. The molecule has 0 bridgehead atoms. The van der Waals surface area contributed by atoms with Gasteiger partial charge in [0.1, 0.15) is 25.1 Å². The minimum Gasteiger partial charge on any atom is -0.490 e. The molecular weight excluding hydrogens is 522 g/mol. The summed E-state index contributed by atoms with van der Waals surface area (Å²) in [4.78, 5) is 25.0. The van der Waals surface area contributed by atoms with Gasteiger partial charge in [-0.15, -0.1) is 11.8 Å². The zero-order valence-electron chi connectivity index (χ0n) is 25.1. The summed E-state index contributed by atoms with van der Waals surface area (Å²) in [6.07, 6.45) is -1.07. The molecule has 0 aromatic heterocycles. The van der Waals surface area contributed by atoms with Crippen LogP contribution in [0.5, 0.6) is 5.75 Å². The lowest BCUT2D eigenvalue weighted by molar-refractivity contribution is -0.138. The zero-order valence-corrected chi connectivity index (χ0v) is 26.0. The number of rotatable bonds is 16. The Bertz CT molecular complexity index is 1040. The number of carbonyl (C=O) groups excluding carboxylic acids is 2. The van der Waals surface area contributed by atoms with Gasteiger partial charge in [0.05, 0.1) is 6.54 Å². The Morgan fingerprint density at radius 2 is 1.52 bits per heavy atom. The second-order valence-electron chi connectivity index (χ2n) is 11.2. The molecule has 220 valence electrons. The predicted molar refractivity (Wildman–Crippen MR) is 164 cm³/mol. The molecule has 0 saturated heterocycles. The van der Waals surface area contributed by atoms with Crippen LogP contribution < -0.4 is 10.1 Å². The Hall–Kier alpha value is -2.93. The van der Waals surface area contributed by atoms with Gasteiger partial charge in [-0.3, -0.25) is 0 Å². The smallest absolute Gasteiger partial charge is 0.407 e. The molecule has 0 aliphatic heterocycles. The highest BCUT2D eigenvalue weighted by Crippen LogP contribution is 2.41. The first-order valence-electron chi connectivity index (χ1n) is 14.2. The van der Waals surface area contributed by atoms with Crippen molar-refractivity contribution in [3.05, 3.63) is 72.3 Å². The quantitative estimate of drug-likeness (QED) is 0.0965. The van der Waals surface area contributed by atoms with Crippen molar-refractivity contribution in [3.63, 3.8) is 0 Å². The van der Waals surface area contributed by atoms with Gasteiger partial charge in [-0.05, 0) is 66.3 Å². The van der Waals surface area contributed by atoms with Crippen molar-refractivity contribution in [1.29, 1.82) is 0 Å². The van der Waals surface area contributed by atoms with E-state index in [4.69, 9.17) is 14.2 Å². The highest BCUT2D eigenvalue weighted by Gasteiger charge is 2.31. The third kappa shape index (κ3) is 11.3. The van der Waals surface area contributed by atoms with Gasteiger partial charge in [-0.25, -0.2) is 9.59 Å². The first-order chi connectivity index (χ1) is 19.0. The van der Waals surface area contributed by atoms with Crippen molar-refractivity contribution in [1.82, 2.24) is 5.32 Å². The summed E-state index contributed by atoms with van der Waals surface area (Å²) in [5, 5.41) is 2.63. The molecule has 0 heterocycles. The Balaban J connectivity index is 2.02. The van der Waals surface area contributed by atoms with Gasteiger partial charge in [0.15, 0.2) is 0 Å². The number of thioether (sulfide) groups is 1. The summed E-state index contributed by atoms with van der Waals surface area (Å²) in [6, 6.07) is 18.3. The predicted octanol–water partition coefficient (Wildman–Crippen LogP) is 7.74. The van der Waals surface area contributed by atoms with E-state index in [2.05, 4.69) is 65.6 Å². The number of esters is 1. The van der Waals surface area contributed by atoms with Gasteiger partial charge in [0.2, 0.25) is 0 Å². The minimum absolute atomic E-state index is 0.0406. The monoisotopic (exact) mass is 569 g/mol. The molecule has 0 radical (unpaired) electrons. The Kier molecular flexibility index (Phi) is 14.2. The molecule has 6 nitrogen and oxygen atoms in total. The number of hydrogen-bond acceptors (Lipinski definition) is 6. The van der Waals surface area contributed by atoms with Gasteiger partial charge in [0, 0.05) is 16.2 Å². The van der Waals surface area contributed by atoms with E-state index in [9.17, 15) is 9.59 Å². The number of hydrogen-bond donors (Lipinski definition) is 1. The van der Waals surface area contributed by atoms with E-state index in [1.807, 2.05) is 42.5 Å². The SMILES string of the molecule is C=C(C)C(=O)OCCNC(=O)OC(COc1ccc(C(C(C)C)C(C(C)C)C(C)C)cc1)CSc1ccccc1. The zero-order chi connectivity index (χ0) is 29.7. The van der Waals surface area contributed by atoms with Crippen molar-refractivity contribution < 1.29 is 23.8 Å². The maximum atomic E-state index is 12.5. The van der Waals surface area contributed by atoms with E-state index in [1.165, 1.54) is 5.56 Å².